The normalized spacial score (nSPS) is 15.7. The van der Waals surface area contributed by atoms with E-state index in [1.165, 1.54) is 0 Å². The highest BCUT2D eigenvalue weighted by molar-refractivity contribution is 5.85. The highest BCUT2D eigenvalue weighted by Crippen LogP contribution is 2.17. The Morgan fingerprint density at radius 2 is 2.00 bits per heavy atom. The van der Waals surface area contributed by atoms with Gasteiger partial charge < -0.3 is 10.2 Å². The molecule has 102 valence electrons. The maximum Gasteiger partial charge on any atom is 0.222 e. The number of allylic oxidation sites excluding steroid dienone is 1. The van der Waals surface area contributed by atoms with Crippen molar-refractivity contribution in [2.75, 3.05) is 26.7 Å². The summed E-state index contributed by atoms with van der Waals surface area (Å²) in [6, 6.07) is 0. The lowest BCUT2D eigenvalue weighted by atomic mass is 9.96. The Morgan fingerprint density at radius 3 is 2.47 bits per heavy atom. The fraction of sp³-hybridized carbons (Fsp3) is 0.750. The lowest BCUT2D eigenvalue weighted by Gasteiger charge is -2.32. The van der Waals surface area contributed by atoms with Crippen molar-refractivity contribution < 1.29 is 4.79 Å². The minimum absolute atomic E-state index is 0. The Balaban J connectivity index is 0. The first-order chi connectivity index (χ1) is 7.27. The van der Waals surface area contributed by atoms with E-state index in [1.54, 1.807) is 0 Å². The number of hydrogen-bond donors (Lipinski definition) is 1. The summed E-state index contributed by atoms with van der Waals surface area (Å²) in [5.74, 6) is 1.04. The van der Waals surface area contributed by atoms with Gasteiger partial charge in [0.15, 0.2) is 0 Å². The second kappa shape index (κ2) is 10.9. The van der Waals surface area contributed by atoms with Gasteiger partial charge in [-0.1, -0.05) is 6.08 Å². The molecular formula is C12H24Cl2N2O. The second-order valence-corrected chi connectivity index (χ2v) is 4.21. The van der Waals surface area contributed by atoms with E-state index in [2.05, 4.69) is 11.9 Å². The van der Waals surface area contributed by atoms with Gasteiger partial charge in [-0.3, -0.25) is 4.79 Å². The number of rotatable bonds is 5. The van der Waals surface area contributed by atoms with Crippen molar-refractivity contribution in [2.45, 2.75) is 25.7 Å². The summed E-state index contributed by atoms with van der Waals surface area (Å²) < 4.78 is 0. The molecule has 1 aliphatic rings. The van der Waals surface area contributed by atoms with E-state index in [0.717, 1.165) is 44.8 Å². The number of halogens is 2. The van der Waals surface area contributed by atoms with Gasteiger partial charge in [-0.15, -0.1) is 31.4 Å². The van der Waals surface area contributed by atoms with Gasteiger partial charge in [-0.05, 0) is 38.8 Å². The fourth-order valence-electron chi connectivity index (χ4n) is 2.06. The number of piperidine rings is 1. The van der Waals surface area contributed by atoms with Crippen molar-refractivity contribution in [3.8, 4) is 0 Å². The van der Waals surface area contributed by atoms with E-state index in [-0.39, 0.29) is 30.7 Å². The smallest absolute Gasteiger partial charge is 0.222 e. The summed E-state index contributed by atoms with van der Waals surface area (Å²) in [6.07, 6.45) is 5.52. The summed E-state index contributed by atoms with van der Waals surface area (Å²) >= 11 is 0. The van der Waals surface area contributed by atoms with Crippen LogP contribution in [0.3, 0.4) is 0 Å². The predicted molar refractivity (Wildman–Crippen MR) is 77.2 cm³/mol. The number of hydrogen-bond acceptors (Lipinski definition) is 2. The van der Waals surface area contributed by atoms with E-state index in [4.69, 9.17) is 0 Å². The van der Waals surface area contributed by atoms with E-state index in [1.807, 2.05) is 18.0 Å². The number of carbonyl (C=O) groups excluding carboxylic acids is 1. The molecule has 5 heteroatoms. The summed E-state index contributed by atoms with van der Waals surface area (Å²) in [6.45, 7) is 6.58. The molecule has 0 aromatic heterocycles. The molecule has 3 nitrogen and oxygen atoms in total. The average molecular weight is 283 g/mol. The quantitative estimate of drug-likeness (QED) is 0.785. The molecule has 1 heterocycles. The van der Waals surface area contributed by atoms with E-state index >= 15 is 0 Å². The molecule has 0 saturated carbocycles. The van der Waals surface area contributed by atoms with Crippen LogP contribution in [0.4, 0.5) is 0 Å². The van der Waals surface area contributed by atoms with Crippen molar-refractivity contribution in [3.05, 3.63) is 12.7 Å². The van der Waals surface area contributed by atoms with Crippen LogP contribution in [0, 0.1) is 5.92 Å². The molecule has 0 bridgehead atoms. The van der Waals surface area contributed by atoms with Gasteiger partial charge in [-0.25, -0.2) is 0 Å². The molecule has 0 unspecified atom stereocenters. The van der Waals surface area contributed by atoms with Gasteiger partial charge in [0.1, 0.15) is 0 Å². The van der Waals surface area contributed by atoms with Crippen molar-refractivity contribution in [3.63, 3.8) is 0 Å². The monoisotopic (exact) mass is 282 g/mol. The van der Waals surface area contributed by atoms with Crippen LogP contribution in [0.1, 0.15) is 25.7 Å². The van der Waals surface area contributed by atoms with E-state index < -0.39 is 0 Å². The van der Waals surface area contributed by atoms with Crippen LogP contribution < -0.4 is 5.32 Å². The molecule has 0 radical (unpaired) electrons. The molecule has 0 spiro atoms. The van der Waals surface area contributed by atoms with Crippen LogP contribution >= 0.6 is 24.8 Å². The SMILES string of the molecule is C=CCCC(=O)N1CCC(CNC)CC1.Cl.Cl. The number of amides is 1. The molecule has 1 amide bonds. The minimum Gasteiger partial charge on any atom is -0.343 e. The lowest BCUT2D eigenvalue weighted by molar-refractivity contribution is -0.132. The summed E-state index contributed by atoms with van der Waals surface area (Å²) in [5, 5.41) is 3.20. The molecule has 17 heavy (non-hydrogen) atoms. The Morgan fingerprint density at radius 1 is 1.41 bits per heavy atom. The Bertz CT molecular complexity index is 217. The molecule has 1 fully saturated rings. The first-order valence-corrected chi connectivity index (χ1v) is 5.81. The van der Waals surface area contributed by atoms with Gasteiger partial charge in [0.25, 0.3) is 0 Å². The molecule has 1 rings (SSSR count). The summed E-state index contributed by atoms with van der Waals surface area (Å²) in [7, 11) is 1.99. The first kappa shape index (κ1) is 19.1. The molecular weight excluding hydrogens is 259 g/mol. The zero-order chi connectivity index (χ0) is 11.1. The zero-order valence-corrected chi connectivity index (χ0v) is 12.1. The standard InChI is InChI=1S/C12H22N2O.2ClH/c1-3-4-5-12(15)14-8-6-11(7-9-14)10-13-2;;/h3,11,13H,1,4-10H2,2H3;2*1H. The van der Waals surface area contributed by atoms with Gasteiger partial charge in [0.05, 0.1) is 0 Å². The molecule has 1 saturated heterocycles. The third-order valence-electron chi connectivity index (χ3n) is 3.02. The largest absolute Gasteiger partial charge is 0.343 e. The van der Waals surface area contributed by atoms with E-state index in [9.17, 15) is 4.79 Å². The molecule has 0 atom stereocenters. The van der Waals surface area contributed by atoms with Crippen LogP contribution in [0.25, 0.3) is 0 Å². The lowest BCUT2D eigenvalue weighted by Crippen LogP contribution is -2.40. The van der Waals surface area contributed by atoms with Crippen molar-refractivity contribution in [1.82, 2.24) is 10.2 Å². The number of nitrogens with zero attached hydrogens (tertiary/aromatic N) is 1. The van der Waals surface area contributed by atoms with Gasteiger partial charge in [-0.2, -0.15) is 0 Å². The average Bonchev–Trinajstić information content (AvgIpc) is 2.27. The minimum atomic E-state index is 0. The molecule has 0 aliphatic carbocycles. The summed E-state index contributed by atoms with van der Waals surface area (Å²) in [5.41, 5.74) is 0. The third-order valence-corrected chi connectivity index (χ3v) is 3.02. The van der Waals surface area contributed by atoms with Crippen LogP contribution in [-0.4, -0.2) is 37.5 Å². The van der Waals surface area contributed by atoms with Gasteiger partial charge in [0, 0.05) is 19.5 Å². The van der Waals surface area contributed by atoms with E-state index in [0.29, 0.717) is 6.42 Å². The first-order valence-electron chi connectivity index (χ1n) is 5.81. The van der Waals surface area contributed by atoms with Crippen LogP contribution in [0.2, 0.25) is 0 Å². The Hall–Kier alpha value is -0.250. The highest BCUT2D eigenvalue weighted by atomic mass is 35.5. The maximum atomic E-state index is 11.7. The van der Waals surface area contributed by atoms with Gasteiger partial charge in [0.2, 0.25) is 5.91 Å². The molecule has 1 N–H and O–H groups in total. The zero-order valence-electron chi connectivity index (χ0n) is 10.5. The second-order valence-electron chi connectivity index (χ2n) is 4.21. The molecule has 1 aliphatic heterocycles. The fourth-order valence-corrected chi connectivity index (χ4v) is 2.06. The van der Waals surface area contributed by atoms with Crippen LogP contribution in [-0.2, 0) is 4.79 Å². The molecule has 0 aromatic carbocycles. The topological polar surface area (TPSA) is 32.3 Å². The van der Waals surface area contributed by atoms with Gasteiger partial charge >= 0.3 is 0 Å². The summed E-state index contributed by atoms with van der Waals surface area (Å²) in [4.78, 5) is 13.7. The number of carbonyl (C=O) groups is 1. The molecule has 0 aromatic rings. The maximum absolute atomic E-state index is 11.7. The Labute approximate surface area is 117 Å². The van der Waals surface area contributed by atoms with Crippen molar-refractivity contribution in [2.24, 2.45) is 5.92 Å². The third kappa shape index (κ3) is 6.92. The van der Waals surface area contributed by atoms with Crippen molar-refractivity contribution >= 4 is 30.7 Å². The van der Waals surface area contributed by atoms with Crippen LogP contribution in [0.5, 0.6) is 0 Å². The number of nitrogens with one attached hydrogen (secondary N) is 1. The predicted octanol–water partition coefficient (Wildman–Crippen LogP) is 2.25. The number of likely N-dealkylation sites (tertiary alicyclic amines) is 1. The van der Waals surface area contributed by atoms with Crippen LogP contribution in [0.15, 0.2) is 12.7 Å². The highest BCUT2D eigenvalue weighted by Gasteiger charge is 2.21. The van der Waals surface area contributed by atoms with Crippen molar-refractivity contribution in [1.29, 1.82) is 0 Å². The Kier molecular flexibility index (Phi) is 12.2.